The molecule has 0 aliphatic heterocycles. The second-order valence-corrected chi connectivity index (χ2v) is 4.35. The van der Waals surface area contributed by atoms with Gasteiger partial charge in [0.25, 0.3) is 5.88 Å². The molecular formula is C11H17N5O3. The van der Waals surface area contributed by atoms with Crippen molar-refractivity contribution < 1.29 is 9.66 Å². The average molecular weight is 267 g/mol. The summed E-state index contributed by atoms with van der Waals surface area (Å²) in [5.41, 5.74) is -0.222. The Hall–Kier alpha value is -1.96. The first kappa shape index (κ1) is 13.5. The minimum atomic E-state index is -0.538. The van der Waals surface area contributed by atoms with Gasteiger partial charge in [-0.2, -0.15) is 4.98 Å². The summed E-state index contributed by atoms with van der Waals surface area (Å²) < 4.78 is 4.87. The van der Waals surface area contributed by atoms with Crippen molar-refractivity contribution >= 4 is 11.5 Å². The van der Waals surface area contributed by atoms with Crippen molar-refractivity contribution in [2.75, 3.05) is 25.5 Å². The van der Waals surface area contributed by atoms with E-state index in [1.807, 2.05) is 0 Å². The monoisotopic (exact) mass is 267 g/mol. The van der Waals surface area contributed by atoms with Crippen LogP contribution in [-0.2, 0) is 0 Å². The molecule has 0 aromatic carbocycles. The Morgan fingerprint density at radius 1 is 1.47 bits per heavy atom. The summed E-state index contributed by atoms with van der Waals surface area (Å²) >= 11 is 0. The van der Waals surface area contributed by atoms with Gasteiger partial charge in [0.1, 0.15) is 6.33 Å². The number of nitro groups is 1. The van der Waals surface area contributed by atoms with Gasteiger partial charge in [0, 0.05) is 12.6 Å². The molecule has 1 aromatic heterocycles. The summed E-state index contributed by atoms with van der Waals surface area (Å²) in [6.07, 6.45) is 4.63. The molecule has 1 heterocycles. The first-order chi connectivity index (χ1) is 9.22. The van der Waals surface area contributed by atoms with Crippen molar-refractivity contribution in [3.05, 3.63) is 16.4 Å². The smallest absolute Gasteiger partial charge is 0.372 e. The number of aromatic nitrogens is 2. The second kappa shape index (κ2) is 6.28. The van der Waals surface area contributed by atoms with Crippen LogP contribution < -0.4 is 15.4 Å². The van der Waals surface area contributed by atoms with Gasteiger partial charge < -0.3 is 15.4 Å². The van der Waals surface area contributed by atoms with E-state index in [-0.39, 0.29) is 17.4 Å². The Morgan fingerprint density at radius 3 is 2.89 bits per heavy atom. The molecule has 19 heavy (non-hydrogen) atoms. The number of nitrogens with zero attached hydrogens (tertiary/aromatic N) is 3. The maximum atomic E-state index is 11.0. The molecule has 0 atom stereocenters. The molecule has 1 saturated carbocycles. The molecule has 0 unspecified atom stereocenters. The van der Waals surface area contributed by atoms with Crippen LogP contribution in [0.2, 0.25) is 0 Å². The van der Waals surface area contributed by atoms with Crippen LogP contribution in [0, 0.1) is 10.1 Å². The predicted molar refractivity (Wildman–Crippen MR) is 69.4 cm³/mol. The first-order valence-electron chi connectivity index (χ1n) is 6.23. The molecule has 0 radical (unpaired) electrons. The summed E-state index contributed by atoms with van der Waals surface area (Å²) in [7, 11) is 1.35. The van der Waals surface area contributed by atoms with Gasteiger partial charge >= 0.3 is 5.69 Å². The van der Waals surface area contributed by atoms with E-state index < -0.39 is 4.92 Å². The Morgan fingerprint density at radius 2 is 2.26 bits per heavy atom. The van der Waals surface area contributed by atoms with E-state index >= 15 is 0 Å². The van der Waals surface area contributed by atoms with Gasteiger partial charge in [-0.3, -0.25) is 10.1 Å². The van der Waals surface area contributed by atoms with Crippen LogP contribution in [-0.4, -0.2) is 41.1 Å². The van der Waals surface area contributed by atoms with Gasteiger partial charge in [0.2, 0.25) is 5.82 Å². The maximum Gasteiger partial charge on any atom is 0.372 e. The van der Waals surface area contributed by atoms with E-state index in [0.29, 0.717) is 12.6 Å². The SMILES string of the molecule is COc1ncnc(NCCCNC2CC2)c1[N+](=O)[O-]. The predicted octanol–water partition coefficient (Wildman–Crippen LogP) is 0.947. The van der Waals surface area contributed by atoms with E-state index in [0.717, 1.165) is 13.0 Å². The molecule has 1 fully saturated rings. The Bertz CT molecular complexity index is 450. The first-order valence-corrected chi connectivity index (χ1v) is 6.23. The molecule has 2 N–H and O–H groups in total. The average Bonchev–Trinajstić information content (AvgIpc) is 3.21. The van der Waals surface area contributed by atoms with E-state index in [2.05, 4.69) is 20.6 Å². The van der Waals surface area contributed by atoms with Crippen LogP contribution in [0.4, 0.5) is 11.5 Å². The number of nitrogens with one attached hydrogen (secondary N) is 2. The normalized spacial score (nSPS) is 14.2. The van der Waals surface area contributed by atoms with Crippen LogP contribution in [0.5, 0.6) is 5.88 Å². The highest BCUT2D eigenvalue weighted by Crippen LogP contribution is 2.30. The van der Waals surface area contributed by atoms with Gasteiger partial charge in [0.05, 0.1) is 12.0 Å². The highest BCUT2D eigenvalue weighted by molar-refractivity contribution is 5.60. The van der Waals surface area contributed by atoms with Crippen LogP contribution in [0.3, 0.4) is 0 Å². The molecule has 8 heteroatoms. The van der Waals surface area contributed by atoms with Crippen LogP contribution >= 0.6 is 0 Å². The quantitative estimate of drug-likeness (QED) is 0.410. The molecule has 1 aliphatic carbocycles. The molecule has 0 spiro atoms. The molecule has 0 saturated heterocycles. The molecule has 104 valence electrons. The zero-order valence-corrected chi connectivity index (χ0v) is 10.8. The number of anilines is 1. The lowest BCUT2D eigenvalue weighted by Crippen LogP contribution is -2.20. The van der Waals surface area contributed by atoms with Crippen molar-refractivity contribution in [3.8, 4) is 5.88 Å². The third-order valence-corrected chi connectivity index (χ3v) is 2.82. The number of rotatable bonds is 8. The number of hydrogen-bond donors (Lipinski definition) is 2. The third kappa shape index (κ3) is 3.75. The standard InChI is InChI=1S/C11H17N5O3/c1-19-11-9(16(17)18)10(14-7-15-11)13-6-2-5-12-8-3-4-8/h7-8,12H,2-6H2,1H3,(H,13,14,15). The second-order valence-electron chi connectivity index (χ2n) is 4.35. The van der Waals surface area contributed by atoms with E-state index in [1.165, 1.54) is 26.3 Å². The fraction of sp³-hybridized carbons (Fsp3) is 0.636. The summed E-state index contributed by atoms with van der Waals surface area (Å²) in [6, 6.07) is 0.675. The molecule has 1 aromatic rings. The molecule has 0 amide bonds. The van der Waals surface area contributed by atoms with Crippen molar-refractivity contribution in [1.29, 1.82) is 0 Å². The zero-order valence-electron chi connectivity index (χ0n) is 10.8. The molecule has 0 bridgehead atoms. The molecule has 1 aliphatic rings. The van der Waals surface area contributed by atoms with Crippen LogP contribution in [0.1, 0.15) is 19.3 Å². The largest absolute Gasteiger partial charge is 0.476 e. The summed E-state index contributed by atoms with van der Waals surface area (Å²) in [5.74, 6) is 0.168. The van der Waals surface area contributed by atoms with Gasteiger partial charge in [-0.05, 0) is 25.8 Å². The summed E-state index contributed by atoms with van der Waals surface area (Å²) in [5, 5.41) is 17.3. The fourth-order valence-corrected chi connectivity index (χ4v) is 1.69. The van der Waals surface area contributed by atoms with E-state index in [1.54, 1.807) is 0 Å². The van der Waals surface area contributed by atoms with E-state index in [4.69, 9.17) is 4.74 Å². The highest BCUT2D eigenvalue weighted by atomic mass is 16.6. The van der Waals surface area contributed by atoms with Gasteiger partial charge in [0.15, 0.2) is 0 Å². The van der Waals surface area contributed by atoms with Crippen molar-refractivity contribution in [2.24, 2.45) is 0 Å². The lowest BCUT2D eigenvalue weighted by molar-refractivity contribution is -0.385. The number of hydrogen-bond acceptors (Lipinski definition) is 7. The number of methoxy groups -OCH3 is 1. The maximum absolute atomic E-state index is 11.0. The highest BCUT2D eigenvalue weighted by Gasteiger charge is 2.23. The zero-order chi connectivity index (χ0) is 13.7. The topological polar surface area (TPSA) is 102 Å². The summed E-state index contributed by atoms with van der Waals surface area (Å²) in [4.78, 5) is 18.1. The Balaban J connectivity index is 1.88. The van der Waals surface area contributed by atoms with Crippen molar-refractivity contribution in [3.63, 3.8) is 0 Å². The minimum Gasteiger partial charge on any atom is -0.476 e. The van der Waals surface area contributed by atoms with Gasteiger partial charge in [-0.15, -0.1) is 0 Å². The molecule has 8 nitrogen and oxygen atoms in total. The van der Waals surface area contributed by atoms with Gasteiger partial charge in [-0.25, -0.2) is 4.98 Å². The van der Waals surface area contributed by atoms with Gasteiger partial charge in [-0.1, -0.05) is 0 Å². The van der Waals surface area contributed by atoms with Crippen LogP contribution in [0.25, 0.3) is 0 Å². The Labute approximate surface area is 110 Å². The van der Waals surface area contributed by atoms with Crippen molar-refractivity contribution in [2.45, 2.75) is 25.3 Å². The third-order valence-electron chi connectivity index (χ3n) is 2.82. The number of ether oxygens (including phenoxy) is 1. The lowest BCUT2D eigenvalue weighted by Gasteiger charge is -2.08. The lowest BCUT2D eigenvalue weighted by atomic mass is 10.4. The van der Waals surface area contributed by atoms with Crippen molar-refractivity contribution in [1.82, 2.24) is 15.3 Å². The molecular weight excluding hydrogens is 250 g/mol. The van der Waals surface area contributed by atoms with E-state index in [9.17, 15) is 10.1 Å². The molecule has 2 rings (SSSR count). The minimum absolute atomic E-state index is 0.0291. The fourth-order valence-electron chi connectivity index (χ4n) is 1.69. The summed E-state index contributed by atoms with van der Waals surface area (Å²) in [6.45, 7) is 1.51. The Kier molecular flexibility index (Phi) is 4.45. The van der Waals surface area contributed by atoms with Crippen LogP contribution in [0.15, 0.2) is 6.33 Å².